The second kappa shape index (κ2) is 5.27. The van der Waals surface area contributed by atoms with E-state index in [1.54, 1.807) is 24.3 Å². The third-order valence-corrected chi connectivity index (χ3v) is 4.79. The fraction of sp³-hybridized carbons (Fsp3) is 0.0909. The largest absolute Gasteiger partial charge is 0.292 e. The fourth-order valence-electron chi connectivity index (χ4n) is 3.57. The summed E-state index contributed by atoms with van der Waals surface area (Å²) in [7, 11) is 0. The van der Waals surface area contributed by atoms with E-state index in [4.69, 9.17) is 0 Å². The van der Waals surface area contributed by atoms with Crippen LogP contribution in [0.2, 0.25) is 0 Å². The van der Waals surface area contributed by atoms with Crippen LogP contribution in [-0.4, -0.2) is 11.6 Å². The fourth-order valence-corrected chi connectivity index (χ4v) is 3.57. The van der Waals surface area contributed by atoms with Crippen molar-refractivity contribution in [2.75, 3.05) is 0 Å². The van der Waals surface area contributed by atoms with Gasteiger partial charge in [0.05, 0.1) is 0 Å². The Morgan fingerprint density at radius 1 is 0.583 bits per heavy atom. The summed E-state index contributed by atoms with van der Waals surface area (Å²) in [5.74, 6) is -0.281. The molecule has 0 fully saturated rings. The zero-order chi connectivity index (χ0) is 16.7. The lowest BCUT2D eigenvalue weighted by Gasteiger charge is -2.27. The summed E-state index contributed by atoms with van der Waals surface area (Å²) in [5.41, 5.74) is 2.28. The van der Waals surface area contributed by atoms with Crippen LogP contribution in [0, 0.1) is 6.92 Å². The Bertz CT molecular complexity index is 902. The minimum absolute atomic E-state index is 0.141. The molecule has 0 atom stereocenters. The quantitative estimate of drug-likeness (QED) is 0.659. The average Bonchev–Trinajstić information content (AvgIpc) is 2.86. The molecule has 0 saturated heterocycles. The number of hydrogen-bond donors (Lipinski definition) is 0. The van der Waals surface area contributed by atoms with Gasteiger partial charge in [0.2, 0.25) is 0 Å². The van der Waals surface area contributed by atoms with Crippen LogP contribution in [-0.2, 0) is 5.41 Å². The van der Waals surface area contributed by atoms with E-state index in [2.05, 4.69) is 0 Å². The summed E-state index contributed by atoms with van der Waals surface area (Å²) in [6.45, 7) is 1.99. The van der Waals surface area contributed by atoms with Gasteiger partial charge in [-0.05, 0) is 18.1 Å². The third-order valence-electron chi connectivity index (χ3n) is 4.79. The van der Waals surface area contributed by atoms with E-state index in [0.29, 0.717) is 11.1 Å². The number of ketones is 2. The topological polar surface area (TPSA) is 34.1 Å². The Labute approximate surface area is 140 Å². The van der Waals surface area contributed by atoms with Crippen molar-refractivity contribution in [1.29, 1.82) is 0 Å². The molecule has 0 bridgehead atoms. The van der Waals surface area contributed by atoms with E-state index >= 15 is 0 Å². The molecule has 24 heavy (non-hydrogen) atoms. The average molecular weight is 312 g/mol. The molecule has 1 aliphatic rings. The van der Waals surface area contributed by atoms with Crippen molar-refractivity contribution >= 4 is 11.6 Å². The van der Waals surface area contributed by atoms with Gasteiger partial charge in [0.25, 0.3) is 0 Å². The van der Waals surface area contributed by atoms with E-state index in [1.807, 2.05) is 61.5 Å². The van der Waals surface area contributed by atoms with Crippen LogP contribution in [0.5, 0.6) is 0 Å². The number of Topliss-reactive ketones (excluding diaryl/α,β-unsaturated/α-hetero) is 2. The summed E-state index contributed by atoms with van der Waals surface area (Å²) in [5, 5.41) is 0. The molecule has 0 amide bonds. The van der Waals surface area contributed by atoms with E-state index < -0.39 is 5.41 Å². The maximum atomic E-state index is 13.4. The highest BCUT2D eigenvalue weighted by molar-refractivity contribution is 6.35. The lowest BCUT2D eigenvalue weighted by molar-refractivity contribution is 0.0829. The molecule has 1 aliphatic carbocycles. The van der Waals surface area contributed by atoms with Gasteiger partial charge in [0, 0.05) is 11.1 Å². The maximum absolute atomic E-state index is 13.4. The van der Waals surface area contributed by atoms with Crippen LogP contribution in [0.4, 0.5) is 0 Å². The summed E-state index contributed by atoms with van der Waals surface area (Å²) in [6.07, 6.45) is 0. The van der Waals surface area contributed by atoms with Gasteiger partial charge in [-0.15, -0.1) is 0 Å². The summed E-state index contributed by atoms with van der Waals surface area (Å²) >= 11 is 0. The Kier molecular flexibility index (Phi) is 3.20. The smallest absolute Gasteiger partial charge is 0.186 e. The number of aryl methyl sites for hydroxylation is 1. The molecule has 0 aliphatic heterocycles. The van der Waals surface area contributed by atoms with E-state index in [1.165, 1.54) is 0 Å². The first-order chi connectivity index (χ1) is 11.7. The molecular weight excluding hydrogens is 296 g/mol. The first-order valence-electron chi connectivity index (χ1n) is 7.97. The molecule has 0 spiro atoms. The second-order valence-corrected chi connectivity index (χ2v) is 6.19. The Morgan fingerprint density at radius 2 is 1.04 bits per heavy atom. The Balaban J connectivity index is 2.06. The van der Waals surface area contributed by atoms with Gasteiger partial charge in [-0.25, -0.2) is 0 Å². The second-order valence-electron chi connectivity index (χ2n) is 6.19. The van der Waals surface area contributed by atoms with Crippen LogP contribution < -0.4 is 0 Å². The minimum Gasteiger partial charge on any atom is -0.292 e. The van der Waals surface area contributed by atoms with Gasteiger partial charge in [-0.3, -0.25) is 9.59 Å². The molecule has 0 saturated carbocycles. The van der Waals surface area contributed by atoms with Gasteiger partial charge in [0.15, 0.2) is 11.6 Å². The predicted octanol–water partition coefficient (Wildman–Crippen LogP) is 4.36. The Hall–Kier alpha value is -3.00. The summed E-state index contributed by atoms with van der Waals surface area (Å²) < 4.78 is 0. The molecule has 0 aromatic heterocycles. The first-order valence-corrected chi connectivity index (χ1v) is 7.97. The lowest BCUT2D eigenvalue weighted by Crippen LogP contribution is -2.39. The number of carbonyl (C=O) groups excluding carboxylic acids is 2. The molecule has 0 radical (unpaired) electrons. The monoisotopic (exact) mass is 312 g/mol. The molecule has 3 aromatic rings. The van der Waals surface area contributed by atoms with Crippen LogP contribution in [0.3, 0.4) is 0 Å². The number of carbonyl (C=O) groups is 2. The molecule has 2 heteroatoms. The molecule has 0 N–H and O–H groups in total. The van der Waals surface area contributed by atoms with Gasteiger partial charge in [-0.2, -0.15) is 0 Å². The van der Waals surface area contributed by atoms with Crippen molar-refractivity contribution < 1.29 is 9.59 Å². The van der Waals surface area contributed by atoms with Crippen LogP contribution in [0.15, 0.2) is 78.9 Å². The highest BCUT2D eigenvalue weighted by Gasteiger charge is 2.55. The zero-order valence-corrected chi connectivity index (χ0v) is 13.3. The normalized spacial score (nSPS) is 15.4. The highest BCUT2D eigenvalue weighted by Crippen LogP contribution is 2.44. The molecular formula is C22H16O2. The number of benzene rings is 3. The van der Waals surface area contributed by atoms with Crippen molar-refractivity contribution in [3.05, 3.63) is 107 Å². The molecule has 116 valence electrons. The standard InChI is InChI=1S/C22H16O2/c1-15-11-13-17(14-12-15)22(16-7-3-2-4-8-16)20(23)18-9-5-6-10-19(18)21(22)24/h2-14H,1H3. The SMILES string of the molecule is Cc1ccc(C2(c3ccccc3)C(=O)c3ccccc3C2=O)cc1. The van der Waals surface area contributed by atoms with Crippen molar-refractivity contribution in [3.8, 4) is 0 Å². The summed E-state index contributed by atoms with van der Waals surface area (Å²) in [6, 6.07) is 24.1. The number of fused-ring (bicyclic) bond motifs is 1. The van der Waals surface area contributed by atoms with Crippen LogP contribution in [0.1, 0.15) is 37.4 Å². The van der Waals surface area contributed by atoms with Gasteiger partial charge < -0.3 is 0 Å². The lowest BCUT2D eigenvalue weighted by atomic mass is 9.70. The van der Waals surface area contributed by atoms with E-state index in [-0.39, 0.29) is 11.6 Å². The van der Waals surface area contributed by atoms with Crippen molar-refractivity contribution in [3.63, 3.8) is 0 Å². The Morgan fingerprint density at radius 3 is 1.58 bits per heavy atom. The third kappa shape index (κ3) is 1.83. The van der Waals surface area contributed by atoms with Crippen LogP contribution in [0.25, 0.3) is 0 Å². The van der Waals surface area contributed by atoms with Crippen molar-refractivity contribution in [2.24, 2.45) is 0 Å². The van der Waals surface area contributed by atoms with E-state index in [0.717, 1.165) is 16.7 Å². The van der Waals surface area contributed by atoms with Crippen LogP contribution >= 0.6 is 0 Å². The highest BCUT2D eigenvalue weighted by atomic mass is 16.2. The van der Waals surface area contributed by atoms with E-state index in [9.17, 15) is 9.59 Å². The molecule has 2 nitrogen and oxygen atoms in total. The van der Waals surface area contributed by atoms with Gasteiger partial charge in [0.1, 0.15) is 5.41 Å². The maximum Gasteiger partial charge on any atom is 0.186 e. The molecule has 0 heterocycles. The minimum atomic E-state index is -1.28. The van der Waals surface area contributed by atoms with Gasteiger partial charge in [-0.1, -0.05) is 84.4 Å². The molecule has 3 aromatic carbocycles. The summed E-state index contributed by atoms with van der Waals surface area (Å²) in [4.78, 5) is 26.8. The zero-order valence-electron chi connectivity index (χ0n) is 13.3. The van der Waals surface area contributed by atoms with Crippen molar-refractivity contribution in [1.82, 2.24) is 0 Å². The molecule has 0 unspecified atom stereocenters. The predicted molar refractivity (Wildman–Crippen MR) is 93.5 cm³/mol. The van der Waals surface area contributed by atoms with Crippen molar-refractivity contribution in [2.45, 2.75) is 12.3 Å². The van der Waals surface area contributed by atoms with Gasteiger partial charge >= 0.3 is 0 Å². The number of hydrogen-bond acceptors (Lipinski definition) is 2. The first kappa shape index (κ1) is 14.6. The number of rotatable bonds is 2. The molecule has 4 rings (SSSR count).